The zero-order valence-electron chi connectivity index (χ0n) is 19.1. The number of carbonyl (C=O) groups is 2. The Morgan fingerprint density at radius 3 is 2.40 bits per heavy atom. The lowest BCUT2D eigenvalue weighted by molar-refractivity contribution is -0.139. The van der Waals surface area contributed by atoms with Gasteiger partial charge in [-0.3, -0.25) is 14.3 Å². The number of fused-ring (bicyclic) bond motifs is 2. The van der Waals surface area contributed by atoms with E-state index in [1.807, 2.05) is 9.62 Å². The number of carbonyl (C=O) groups excluding carboxylic acids is 2. The molecule has 0 aromatic heterocycles. The fourth-order valence-corrected chi connectivity index (χ4v) is 5.69. The lowest BCUT2D eigenvalue weighted by atomic mass is 9.99. The SMILES string of the molecule is CS(=O)(=O)NC(=O)Cc1cc(Br)ccc1OCC(=O)N1[C@@H]2CC[C@H]1CC(Oc1ccc(F)cc1)C2. The summed E-state index contributed by atoms with van der Waals surface area (Å²) in [4.78, 5) is 27.0. The van der Waals surface area contributed by atoms with Crippen molar-refractivity contribution < 1.29 is 31.9 Å². The van der Waals surface area contributed by atoms with Crippen LogP contribution in [0.25, 0.3) is 0 Å². The number of hydrogen-bond acceptors (Lipinski definition) is 6. The molecule has 1 unspecified atom stereocenters. The maximum absolute atomic E-state index is 13.1. The number of nitrogens with zero attached hydrogens (tertiary/aromatic N) is 1. The summed E-state index contributed by atoms with van der Waals surface area (Å²) in [5.41, 5.74) is 0.461. The van der Waals surface area contributed by atoms with Crippen molar-refractivity contribution in [2.75, 3.05) is 12.9 Å². The molecule has 1 N–H and O–H groups in total. The van der Waals surface area contributed by atoms with E-state index in [4.69, 9.17) is 9.47 Å². The quantitative estimate of drug-likeness (QED) is 0.524. The van der Waals surface area contributed by atoms with Gasteiger partial charge < -0.3 is 14.4 Å². The first-order chi connectivity index (χ1) is 16.6. The largest absolute Gasteiger partial charge is 0.490 e. The Morgan fingerprint density at radius 1 is 1.11 bits per heavy atom. The van der Waals surface area contributed by atoms with Crippen molar-refractivity contribution in [2.45, 2.75) is 50.3 Å². The van der Waals surface area contributed by atoms with Crippen molar-refractivity contribution in [1.29, 1.82) is 0 Å². The van der Waals surface area contributed by atoms with Gasteiger partial charge in [0.05, 0.1) is 12.7 Å². The minimum atomic E-state index is -3.68. The van der Waals surface area contributed by atoms with Crippen LogP contribution in [-0.4, -0.2) is 56.2 Å². The first kappa shape index (κ1) is 25.4. The number of hydrogen-bond donors (Lipinski definition) is 1. The van der Waals surface area contributed by atoms with Crippen LogP contribution in [0.2, 0.25) is 0 Å². The average molecular weight is 569 g/mol. The number of benzene rings is 2. The van der Waals surface area contributed by atoms with Crippen molar-refractivity contribution in [1.82, 2.24) is 9.62 Å². The van der Waals surface area contributed by atoms with E-state index < -0.39 is 15.9 Å². The van der Waals surface area contributed by atoms with Crippen LogP contribution in [0.5, 0.6) is 11.5 Å². The number of amides is 2. The molecule has 0 spiro atoms. The number of halogens is 2. The van der Waals surface area contributed by atoms with E-state index in [1.165, 1.54) is 12.1 Å². The summed E-state index contributed by atoms with van der Waals surface area (Å²) >= 11 is 3.34. The van der Waals surface area contributed by atoms with Crippen LogP contribution in [-0.2, 0) is 26.0 Å². The van der Waals surface area contributed by atoms with Crippen LogP contribution in [0.4, 0.5) is 4.39 Å². The smallest absolute Gasteiger partial charge is 0.261 e. The average Bonchev–Trinajstić information content (AvgIpc) is 3.04. The van der Waals surface area contributed by atoms with E-state index in [0.29, 0.717) is 34.4 Å². The molecule has 11 heteroatoms. The van der Waals surface area contributed by atoms with E-state index in [-0.39, 0.29) is 42.9 Å². The second-order valence-corrected chi connectivity index (χ2v) is 11.5. The molecule has 2 aromatic carbocycles. The maximum Gasteiger partial charge on any atom is 0.261 e. The van der Waals surface area contributed by atoms with Gasteiger partial charge in [0.1, 0.15) is 23.4 Å². The molecule has 2 bridgehead atoms. The summed E-state index contributed by atoms with van der Waals surface area (Å²) in [6.45, 7) is -0.196. The Morgan fingerprint density at radius 2 is 1.77 bits per heavy atom. The maximum atomic E-state index is 13.1. The van der Waals surface area contributed by atoms with Gasteiger partial charge >= 0.3 is 0 Å². The summed E-state index contributed by atoms with van der Waals surface area (Å²) in [7, 11) is -3.68. The van der Waals surface area contributed by atoms with Crippen LogP contribution in [0.15, 0.2) is 46.9 Å². The molecule has 2 aromatic rings. The van der Waals surface area contributed by atoms with Gasteiger partial charge in [0.15, 0.2) is 6.61 Å². The topological polar surface area (TPSA) is 102 Å². The molecule has 2 saturated heterocycles. The van der Waals surface area contributed by atoms with E-state index in [9.17, 15) is 22.4 Å². The molecule has 3 atom stereocenters. The van der Waals surface area contributed by atoms with Gasteiger partial charge in [0, 0.05) is 35.0 Å². The molecule has 8 nitrogen and oxygen atoms in total. The van der Waals surface area contributed by atoms with E-state index in [0.717, 1.165) is 19.1 Å². The minimum absolute atomic E-state index is 0.0419. The molecule has 2 aliphatic rings. The summed E-state index contributed by atoms with van der Waals surface area (Å²) in [6, 6.07) is 11.0. The van der Waals surface area contributed by atoms with Gasteiger partial charge in [-0.2, -0.15) is 0 Å². The number of sulfonamides is 1. The van der Waals surface area contributed by atoms with Gasteiger partial charge in [-0.1, -0.05) is 15.9 Å². The summed E-state index contributed by atoms with van der Waals surface area (Å²) < 4.78 is 50.3. The standard InChI is InChI=1S/C24H26BrFN2O6S/c1-35(31,32)27-23(29)11-15-10-16(25)2-9-22(15)33-14-24(30)28-18-5-6-19(28)13-21(12-18)34-20-7-3-17(26)4-8-20/h2-4,7-10,18-19,21H,5-6,11-14H2,1H3,(H,27,29)/t18-,19+,21?. The van der Waals surface area contributed by atoms with Gasteiger partial charge in [-0.05, 0) is 55.3 Å². The number of rotatable bonds is 8. The van der Waals surface area contributed by atoms with Crippen LogP contribution in [0.3, 0.4) is 0 Å². The fourth-order valence-electron chi connectivity index (χ4n) is 4.79. The van der Waals surface area contributed by atoms with Crippen LogP contribution < -0.4 is 14.2 Å². The lowest BCUT2D eigenvalue weighted by Crippen LogP contribution is -2.50. The first-order valence-electron chi connectivity index (χ1n) is 11.2. The monoisotopic (exact) mass is 568 g/mol. The highest BCUT2D eigenvalue weighted by molar-refractivity contribution is 9.10. The van der Waals surface area contributed by atoms with Crippen molar-refractivity contribution >= 4 is 37.8 Å². The molecule has 2 fully saturated rings. The molecule has 2 heterocycles. The highest BCUT2D eigenvalue weighted by Gasteiger charge is 2.44. The van der Waals surface area contributed by atoms with Gasteiger partial charge in [0.2, 0.25) is 15.9 Å². The molecule has 0 aliphatic carbocycles. The minimum Gasteiger partial charge on any atom is -0.490 e. The third kappa shape index (κ3) is 6.72. The number of nitrogens with one attached hydrogen (secondary N) is 1. The fraction of sp³-hybridized carbons (Fsp3) is 0.417. The van der Waals surface area contributed by atoms with Crippen molar-refractivity contribution in [3.8, 4) is 11.5 Å². The third-order valence-electron chi connectivity index (χ3n) is 6.12. The van der Waals surface area contributed by atoms with Crippen LogP contribution in [0.1, 0.15) is 31.2 Å². The molecule has 188 valence electrons. The molecule has 4 rings (SSSR count). The van der Waals surface area contributed by atoms with Crippen molar-refractivity contribution in [3.05, 3.63) is 58.3 Å². The second kappa shape index (κ2) is 10.5. The van der Waals surface area contributed by atoms with Crippen molar-refractivity contribution in [3.63, 3.8) is 0 Å². The second-order valence-electron chi connectivity index (χ2n) is 8.87. The zero-order valence-corrected chi connectivity index (χ0v) is 21.5. The van der Waals surface area contributed by atoms with E-state index in [1.54, 1.807) is 30.3 Å². The van der Waals surface area contributed by atoms with Crippen LogP contribution >= 0.6 is 15.9 Å². The van der Waals surface area contributed by atoms with Gasteiger partial charge in [0.25, 0.3) is 5.91 Å². The first-order valence-corrected chi connectivity index (χ1v) is 13.9. The highest BCUT2D eigenvalue weighted by Crippen LogP contribution is 2.37. The molecule has 35 heavy (non-hydrogen) atoms. The third-order valence-corrected chi connectivity index (χ3v) is 7.21. The molecular formula is C24H26BrFN2O6S. The lowest BCUT2D eigenvalue weighted by Gasteiger charge is -2.38. The molecule has 2 amide bonds. The van der Waals surface area contributed by atoms with E-state index in [2.05, 4.69) is 15.9 Å². The predicted octanol–water partition coefficient (Wildman–Crippen LogP) is 3.19. The van der Waals surface area contributed by atoms with Crippen molar-refractivity contribution in [2.24, 2.45) is 0 Å². The van der Waals surface area contributed by atoms with Gasteiger partial charge in [-0.25, -0.2) is 12.8 Å². The molecular weight excluding hydrogens is 543 g/mol. The summed E-state index contributed by atoms with van der Waals surface area (Å²) in [5.74, 6) is -0.202. The summed E-state index contributed by atoms with van der Waals surface area (Å²) in [5, 5.41) is 0. The Kier molecular flexibility index (Phi) is 7.65. The van der Waals surface area contributed by atoms with Gasteiger partial charge in [-0.15, -0.1) is 0 Å². The number of ether oxygens (including phenoxy) is 2. The molecule has 0 radical (unpaired) electrons. The molecule has 0 saturated carbocycles. The Labute approximate surface area is 212 Å². The Hall–Kier alpha value is -2.66. The summed E-state index contributed by atoms with van der Waals surface area (Å²) in [6.07, 6.45) is 3.79. The zero-order chi connectivity index (χ0) is 25.2. The highest BCUT2D eigenvalue weighted by atomic mass is 79.9. The number of piperidine rings is 1. The Balaban J connectivity index is 1.36. The normalized spacial score (nSPS) is 21.5. The molecule has 2 aliphatic heterocycles. The van der Waals surface area contributed by atoms with E-state index >= 15 is 0 Å². The van der Waals surface area contributed by atoms with Crippen LogP contribution in [0, 0.1) is 5.82 Å². The predicted molar refractivity (Wildman–Crippen MR) is 130 cm³/mol. The Bertz CT molecular complexity index is 1190.